The monoisotopic (exact) mass is 339 g/mol. The molecule has 1 aliphatic heterocycles. The van der Waals surface area contributed by atoms with E-state index in [2.05, 4.69) is 29.9 Å². The lowest BCUT2D eigenvalue weighted by atomic mass is 10.2. The Balaban J connectivity index is 1.38. The highest BCUT2D eigenvalue weighted by atomic mass is 16.1. The van der Waals surface area contributed by atoms with Crippen LogP contribution in [0.4, 0.5) is 5.82 Å². The number of H-pyrrole nitrogens is 1. The van der Waals surface area contributed by atoms with Gasteiger partial charge in [-0.1, -0.05) is 0 Å². The third kappa shape index (κ3) is 3.25. The second-order valence-corrected chi connectivity index (χ2v) is 6.30. The maximum absolute atomic E-state index is 11.8. The van der Waals surface area contributed by atoms with Crippen LogP contribution in [0.2, 0.25) is 0 Å². The largest absolute Gasteiger partial charge is 0.353 e. The molecule has 0 amide bonds. The van der Waals surface area contributed by atoms with Crippen LogP contribution in [0.25, 0.3) is 11.0 Å². The molecule has 8 heteroatoms. The second-order valence-electron chi connectivity index (χ2n) is 6.30. The summed E-state index contributed by atoms with van der Waals surface area (Å²) >= 11 is 0. The zero-order valence-corrected chi connectivity index (χ0v) is 14.2. The van der Waals surface area contributed by atoms with Gasteiger partial charge in [-0.05, 0) is 19.1 Å². The molecule has 130 valence electrons. The molecule has 4 rings (SSSR count). The Kier molecular flexibility index (Phi) is 4.19. The number of aryl methyl sites for hydroxylation is 1. The lowest BCUT2D eigenvalue weighted by Crippen LogP contribution is -2.48. The van der Waals surface area contributed by atoms with Gasteiger partial charge in [-0.25, -0.2) is 14.6 Å². The molecule has 8 nitrogen and oxygen atoms in total. The Labute approximate surface area is 145 Å². The molecule has 0 bridgehead atoms. The van der Waals surface area contributed by atoms with E-state index < -0.39 is 0 Å². The van der Waals surface area contributed by atoms with Crippen molar-refractivity contribution in [2.75, 3.05) is 37.6 Å². The number of anilines is 1. The van der Waals surface area contributed by atoms with E-state index in [4.69, 9.17) is 0 Å². The van der Waals surface area contributed by atoms with E-state index in [0.29, 0.717) is 6.54 Å². The van der Waals surface area contributed by atoms with Gasteiger partial charge in [-0.2, -0.15) is 5.10 Å². The summed E-state index contributed by atoms with van der Waals surface area (Å²) in [6, 6.07) is 5.35. The number of rotatable bonds is 4. The summed E-state index contributed by atoms with van der Waals surface area (Å²) in [6.45, 7) is 7.05. The van der Waals surface area contributed by atoms with Crippen LogP contribution in [0.5, 0.6) is 0 Å². The lowest BCUT2D eigenvalue weighted by molar-refractivity contribution is 0.242. The number of hydrogen-bond donors (Lipinski definition) is 1. The van der Waals surface area contributed by atoms with E-state index in [9.17, 15) is 4.79 Å². The smallest absolute Gasteiger partial charge is 0.266 e. The molecule has 0 radical (unpaired) electrons. The average molecular weight is 339 g/mol. The Bertz CT molecular complexity index is 924. The molecule has 1 fully saturated rings. The molecule has 0 atom stereocenters. The van der Waals surface area contributed by atoms with Gasteiger partial charge in [0.1, 0.15) is 17.8 Å². The van der Waals surface area contributed by atoms with E-state index in [1.54, 1.807) is 23.1 Å². The number of nitrogens with one attached hydrogen (secondary N) is 1. The summed E-state index contributed by atoms with van der Waals surface area (Å²) in [6.07, 6.45) is 3.50. The Morgan fingerprint density at radius 3 is 2.76 bits per heavy atom. The standard InChI is InChI=1S/C17H21N7O/c1-13-2-3-15(25)24(21-13)11-8-22-6-9-23(10-7-22)17-14-4-5-18-16(14)19-12-20-17/h2-5,12H,6-11H2,1H3,(H,18,19,20). The zero-order chi connectivity index (χ0) is 17.2. The molecule has 1 saturated heterocycles. The highest BCUT2D eigenvalue weighted by molar-refractivity contribution is 5.87. The van der Waals surface area contributed by atoms with Gasteiger partial charge in [-0.15, -0.1) is 0 Å². The number of aromatic nitrogens is 5. The fraction of sp³-hybridized carbons (Fsp3) is 0.412. The van der Waals surface area contributed by atoms with Crippen LogP contribution in [0, 0.1) is 6.92 Å². The summed E-state index contributed by atoms with van der Waals surface area (Å²) in [5, 5.41) is 5.36. The van der Waals surface area contributed by atoms with Crippen molar-refractivity contribution in [2.45, 2.75) is 13.5 Å². The maximum atomic E-state index is 11.8. The van der Waals surface area contributed by atoms with Crippen LogP contribution in [0.15, 0.2) is 35.5 Å². The van der Waals surface area contributed by atoms with Crippen molar-refractivity contribution in [3.8, 4) is 0 Å². The SMILES string of the molecule is Cc1ccc(=O)n(CCN2CCN(c3ncnc4[nH]ccc34)CC2)n1. The molecule has 1 N–H and O–H groups in total. The fourth-order valence-electron chi connectivity index (χ4n) is 3.24. The fourth-order valence-corrected chi connectivity index (χ4v) is 3.24. The van der Waals surface area contributed by atoms with E-state index in [1.165, 1.54) is 0 Å². The van der Waals surface area contributed by atoms with Gasteiger partial charge in [-0.3, -0.25) is 9.69 Å². The molecule has 0 spiro atoms. The van der Waals surface area contributed by atoms with Crippen LogP contribution in [0.1, 0.15) is 5.69 Å². The van der Waals surface area contributed by atoms with Crippen LogP contribution < -0.4 is 10.5 Å². The predicted molar refractivity (Wildman–Crippen MR) is 95.8 cm³/mol. The third-order valence-corrected chi connectivity index (χ3v) is 4.63. The van der Waals surface area contributed by atoms with Crippen molar-refractivity contribution in [1.82, 2.24) is 29.6 Å². The summed E-state index contributed by atoms with van der Waals surface area (Å²) in [4.78, 5) is 28.3. The van der Waals surface area contributed by atoms with Crippen molar-refractivity contribution in [2.24, 2.45) is 0 Å². The van der Waals surface area contributed by atoms with Gasteiger partial charge in [0, 0.05) is 45.0 Å². The van der Waals surface area contributed by atoms with Crippen LogP contribution in [-0.2, 0) is 6.54 Å². The summed E-state index contributed by atoms with van der Waals surface area (Å²) < 4.78 is 1.55. The molecular formula is C17H21N7O. The van der Waals surface area contributed by atoms with Crippen molar-refractivity contribution in [3.05, 3.63) is 46.8 Å². The zero-order valence-electron chi connectivity index (χ0n) is 14.2. The van der Waals surface area contributed by atoms with E-state index >= 15 is 0 Å². The number of piperazine rings is 1. The van der Waals surface area contributed by atoms with Crippen molar-refractivity contribution >= 4 is 16.9 Å². The molecule has 0 aliphatic carbocycles. The van der Waals surface area contributed by atoms with Crippen LogP contribution in [-0.4, -0.2) is 62.4 Å². The topological polar surface area (TPSA) is 82.9 Å². The van der Waals surface area contributed by atoms with Gasteiger partial charge in [0.15, 0.2) is 0 Å². The third-order valence-electron chi connectivity index (χ3n) is 4.63. The number of nitrogens with zero attached hydrogens (tertiary/aromatic N) is 6. The number of fused-ring (bicyclic) bond motifs is 1. The quantitative estimate of drug-likeness (QED) is 0.751. The summed E-state index contributed by atoms with van der Waals surface area (Å²) in [7, 11) is 0. The first-order valence-electron chi connectivity index (χ1n) is 8.51. The molecule has 4 heterocycles. The maximum Gasteiger partial charge on any atom is 0.266 e. The Hall–Kier alpha value is -2.74. The minimum Gasteiger partial charge on any atom is -0.353 e. The van der Waals surface area contributed by atoms with Crippen molar-refractivity contribution in [3.63, 3.8) is 0 Å². The van der Waals surface area contributed by atoms with E-state index in [-0.39, 0.29) is 5.56 Å². The molecule has 3 aromatic heterocycles. The second kappa shape index (κ2) is 6.64. The molecule has 0 unspecified atom stereocenters. The first-order valence-corrected chi connectivity index (χ1v) is 8.51. The van der Waals surface area contributed by atoms with E-state index in [1.807, 2.05) is 19.2 Å². The summed E-state index contributed by atoms with van der Waals surface area (Å²) in [5.74, 6) is 0.988. The molecule has 3 aromatic rings. The van der Waals surface area contributed by atoms with Crippen molar-refractivity contribution in [1.29, 1.82) is 0 Å². The van der Waals surface area contributed by atoms with Gasteiger partial charge < -0.3 is 9.88 Å². The molecule has 0 aromatic carbocycles. The lowest BCUT2D eigenvalue weighted by Gasteiger charge is -2.35. The van der Waals surface area contributed by atoms with Crippen LogP contribution in [0.3, 0.4) is 0 Å². The summed E-state index contributed by atoms with van der Waals surface area (Å²) in [5.41, 5.74) is 1.70. The average Bonchev–Trinajstić information content (AvgIpc) is 3.12. The normalized spacial score (nSPS) is 15.8. The Morgan fingerprint density at radius 1 is 1.08 bits per heavy atom. The van der Waals surface area contributed by atoms with E-state index in [0.717, 1.165) is 55.3 Å². The first-order chi connectivity index (χ1) is 12.2. The number of hydrogen-bond acceptors (Lipinski definition) is 6. The highest BCUT2D eigenvalue weighted by Crippen LogP contribution is 2.22. The highest BCUT2D eigenvalue weighted by Gasteiger charge is 2.20. The minimum absolute atomic E-state index is 0.0416. The molecule has 1 aliphatic rings. The van der Waals surface area contributed by atoms with Crippen LogP contribution >= 0.6 is 0 Å². The molecule has 0 saturated carbocycles. The first kappa shape index (κ1) is 15.8. The minimum atomic E-state index is -0.0416. The van der Waals surface area contributed by atoms with Gasteiger partial charge in [0.05, 0.1) is 17.6 Å². The molecular weight excluding hydrogens is 318 g/mol. The Morgan fingerprint density at radius 2 is 1.92 bits per heavy atom. The van der Waals surface area contributed by atoms with Crippen molar-refractivity contribution < 1.29 is 0 Å². The van der Waals surface area contributed by atoms with Gasteiger partial charge in [0.2, 0.25) is 0 Å². The number of aromatic amines is 1. The predicted octanol–water partition coefficient (Wildman–Crippen LogP) is 0.645. The van der Waals surface area contributed by atoms with Gasteiger partial charge in [0.25, 0.3) is 5.56 Å². The molecule has 25 heavy (non-hydrogen) atoms. The van der Waals surface area contributed by atoms with Gasteiger partial charge >= 0.3 is 0 Å².